The molecule has 25 heavy (non-hydrogen) atoms. The van der Waals surface area contributed by atoms with Gasteiger partial charge < -0.3 is 10.2 Å². The van der Waals surface area contributed by atoms with Crippen LogP contribution in [0.15, 0.2) is 65.4 Å². The molecule has 1 amide bonds. The molecule has 126 valence electrons. The molecular weight excluding hydrogens is 380 g/mol. The Morgan fingerprint density at radius 3 is 2.48 bits per heavy atom. The van der Waals surface area contributed by atoms with Crippen LogP contribution in [0.4, 0.5) is 17.2 Å². The van der Waals surface area contributed by atoms with E-state index in [2.05, 4.69) is 31.2 Å². The first kappa shape index (κ1) is 17.1. The highest BCUT2D eigenvalue weighted by Crippen LogP contribution is 2.22. The average Bonchev–Trinajstić information content (AvgIpc) is 2.65. The molecule has 1 N–H and O–H groups in total. The van der Waals surface area contributed by atoms with Crippen LogP contribution in [0.5, 0.6) is 0 Å². The van der Waals surface area contributed by atoms with Gasteiger partial charge in [0.25, 0.3) is 5.91 Å². The molecule has 0 saturated carbocycles. The number of nitrogens with zero attached hydrogens (tertiary/aromatic N) is 3. The predicted octanol–water partition coefficient (Wildman–Crippen LogP) is 4.57. The number of anilines is 3. The van der Waals surface area contributed by atoms with Gasteiger partial charge in [0, 0.05) is 22.9 Å². The van der Waals surface area contributed by atoms with Crippen LogP contribution in [0.1, 0.15) is 16.1 Å². The van der Waals surface area contributed by atoms with Crippen LogP contribution in [-0.2, 0) is 0 Å². The number of carbonyl (C=O) groups is 1. The molecule has 0 aliphatic heterocycles. The molecule has 0 bridgehead atoms. The molecule has 0 aliphatic rings. The smallest absolute Gasteiger partial charge is 0.278 e. The summed E-state index contributed by atoms with van der Waals surface area (Å²) in [6.07, 6.45) is 3.03. The Kier molecular flexibility index (Phi) is 5.09. The van der Waals surface area contributed by atoms with Crippen LogP contribution in [0.3, 0.4) is 0 Å². The molecule has 0 spiro atoms. The quantitative estimate of drug-likeness (QED) is 0.701. The number of halogens is 1. The topological polar surface area (TPSA) is 58.1 Å². The lowest BCUT2D eigenvalue weighted by Crippen LogP contribution is -2.27. The molecule has 2 aromatic carbocycles. The highest BCUT2D eigenvalue weighted by Gasteiger charge is 2.15. The van der Waals surface area contributed by atoms with Gasteiger partial charge in [0.05, 0.1) is 12.4 Å². The molecule has 0 unspecified atom stereocenters. The van der Waals surface area contributed by atoms with Gasteiger partial charge in [-0.1, -0.05) is 40.2 Å². The minimum absolute atomic E-state index is 0.205. The summed E-state index contributed by atoms with van der Waals surface area (Å²) in [5.74, 6) is 0.373. The summed E-state index contributed by atoms with van der Waals surface area (Å²) in [6.45, 7) is 2.03. The van der Waals surface area contributed by atoms with Crippen molar-refractivity contribution in [2.45, 2.75) is 6.92 Å². The van der Waals surface area contributed by atoms with Gasteiger partial charge in [-0.25, -0.2) is 9.97 Å². The molecule has 0 aliphatic carbocycles. The maximum atomic E-state index is 12.5. The van der Waals surface area contributed by atoms with E-state index in [1.54, 1.807) is 18.1 Å². The van der Waals surface area contributed by atoms with Crippen LogP contribution in [-0.4, -0.2) is 22.9 Å². The zero-order chi connectivity index (χ0) is 17.8. The Hall–Kier alpha value is -2.73. The zero-order valence-corrected chi connectivity index (χ0v) is 15.5. The van der Waals surface area contributed by atoms with Crippen LogP contribution in [0, 0.1) is 6.92 Å². The van der Waals surface area contributed by atoms with Crippen molar-refractivity contribution in [1.82, 2.24) is 9.97 Å². The molecule has 0 fully saturated rings. The van der Waals surface area contributed by atoms with Gasteiger partial charge in [-0.3, -0.25) is 4.79 Å². The lowest BCUT2D eigenvalue weighted by Gasteiger charge is -2.16. The fraction of sp³-hybridized carbons (Fsp3) is 0.105. The lowest BCUT2D eigenvalue weighted by atomic mass is 10.2. The van der Waals surface area contributed by atoms with Crippen molar-refractivity contribution in [1.29, 1.82) is 0 Å². The number of hydrogen-bond donors (Lipinski definition) is 1. The van der Waals surface area contributed by atoms with Crippen molar-refractivity contribution in [2.75, 3.05) is 17.3 Å². The Bertz CT molecular complexity index is 882. The van der Waals surface area contributed by atoms with E-state index in [9.17, 15) is 4.79 Å². The number of nitrogens with one attached hydrogen (secondary N) is 1. The highest BCUT2D eigenvalue weighted by atomic mass is 79.9. The van der Waals surface area contributed by atoms with Gasteiger partial charge in [0.15, 0.2) is 0 Å². The van der Waals surface area contributed by atoms with E-state index in [0.29, 0.717) is 11.5 Å². The molecule has 0 radical (unpaired) electrons. The minimum Gasteiger partial charge on any atom is -0.339 e. The fourth-order valence-corrected chi connectivity index (χ4v) is 2.64. The van der Waals surface area contributed by atoms with Crippen molar-refractivity contribution < 1.29 is 4.79 Å². The van der Waals surface area contributed by atoms with Crippen molar-refractivity contribution in [3.63, 3.8) is 0 Å². The second kappa shape index (κ2) is 7.44. The largest absolute Gasteiger partial charge is 0.339 e. The zero-order valence-electron chi connectivity index (χ0n) is 13.9. The molecule has 0 atom stereocenters. The van der Waals surface area contributed by atoms with Crippen molar-refractivity contribution >= 4 is 39.0 Å². The predicted molar refractivity (Wildman–Crippen MR) is 103 cm³/mol. The summed E-state index contributed by atoms with van der Waals surface area (Å²) in [7, 11) is 1.72. The Morgan fingerprint density at radius 1 is 1.08 bits per heavy atom. The summed E-state index contributed by atoms with van der Waals surface area (Å²) in [5.41, 5.74) is 3.15. The van der Waals surface area contributed by atoms with Gasteiger partial charge in [-0.15, -0.1) is 0 Å². The first-order valence-electron chi connectivity index (χ1n) is 7.73. The number of rotatable bonds is 4. The van der Waals surface area contributed by atoms with Crippen molar-refractivity contribution in [2.24, 2.45) is 0 Å². The number of aryl methyl sites for hydroxylation is 1. The normalized spacial score (nSPS) is 10.4. The van der Waals surface area contributed by atoms with E-state index < -0.39 is 0 Å². The third kappa shape index (κ3) is 4.03. The molecule has 3 aromatic rings. The molecule has 6 heteroatoms. The molecule has 5 nitrogen and oxygen atoms in total. The monoisotopic (exact) mass is 396 g/mol. The van der Waals surface area contributed by atoms with Crippen LogP contribution in [0.2, 0.25) is 0 Å². The number of para-hydroxylation sites is 1. The average molecular weight is 397 g/mol. The third-order valence-corrected chi connectivity index (χ3v) is 4.62. The maximum absolute atomic E-state index is 12.5. The van der Waals surface area contributed by atoms with Gasteiger partial charge >= 0.3 is 0 Å². The molecule has 3 rings (SSSR count). The second-order valence-electron chi connectivity index (χ2n) is 5.58. The third-order valence-electron chi connectivity index (χ3n) is 3.76. The summed E-state index contributed by atoms with van der Waals surface area (Å²) >= 11 is 3.50. The van der Waals surface area contributed by atoms with E-state index >= 15 is 0 Å². The second-order valence-corrected chi connectivity index (χ2v) is 6.43. The van der Waals surface area contributed by atoms with Crippen LogP contribution < -0.4 is 10.2 Å². The Balaban J connectivity index is 1.73. The van der Waals surface area contributed by atoms with Crippen LogP contribution in [0.25, 0.3) is 0 Å². The maximum Gasteiger partial charge on any atom is 0.278 e. The van der Waals surface area contributed by atoms with E-state index in [1.807, 2.05) is 55.5 Å². The molecular formula is C19H17BrN4O. The van der Waals surface area contributed by atoms with Gasteiger partial charge in [-0.05, 0) is 36.8 Å². The first-order chi connectivity index (χ1) is 12.0. The van der Waals surface area contributed by atoms with Crippen LogP contribution >= 0.6 is 15.9 Å². The summed E-state index contributed by atoms with van der Waals surface area (Å²) < 4.78 is 1.02. The minimum atomic E-state index is -0.205. The number of aromatic nitrogens is 2. The number of benzene rings is 2. The summed E-state index contributed by atoms with van der Waals surface area (Å²) in [5, 5.41) is 3.17. The number of hydrogen-bond acceptors (Lipinski definition) is 4. The number of carbonyl (C=O) groups excluding carboxylic acids is 1. The van der Waals surface area contributed by atoms with E-state index in [0.717, 1.165) is 21.4 Å². The van der Waals surface area contributed by atoms with E-state index in [4.69, 9.17) is 0 Å². The van der Waals surface area contributed by atoms with Gasteiger partial charge in [0.2, 0.25) is 0 Å². The molecule has 0 saturated heterocycles. The fourth-order valence-electron chi connectivity index (χ4n) is 2.26. The van der Waals surface area contributed by atoms with Gasteiger partial charge in [-0.2, -0.15) is 0 Å². The summed E-state index contributed by atoms with van der Waals surface area (Å²) in [6, 6.07) is 15.4. The number of amides is 1. The standard InChI is InChI=1S/C19H17BrN4O/c1-13-8-9-14(10-16(13)20)23-18-12-21-17(11-22-18)19(25)24(2)15-6-4-3-5-7-15/h3-12H,1-2H3,(H,22,23). The van der Waals surface area contributed by atoms with E-state index in [-0.39, 0.29) is 5.91 Å². The summed E-state index contributed by atoms with van der Waals surface area (Å²) in [4.78, 5) is 22.6. The first-order valence-corrected chi connectivity index (χ1v) is 8.52. The molecule has 1 heterocycles. The SMILES string of the molecule is Cc1ccc(Nc2cnc(C(=O)N(C)c3ccccc3)cn2)cc1Br. The van der Waals surface area contributed by atoms with E-state index in [1.165, 1.54) is 6.20 Å². The Morgan fingerprint density at radius 2 is 1.84 bits per heavy atom. The lowest BCUT2D eigenvalue weighted by molar-refractivity contribution is 0.0988. The van der Waals surface area contributed by atoms with Gasteiger partial charge in [0.1, 0.15) is 11.5 Å². The van der Waals surface area contributed by atoms with Crippen molar-refractivity contribution in [3.8, 4) is 0 Å². The van der Waals surface area contributed by atoms with Crippen molar-refractivity contribution in [3.05, 3.63) is 76.7 Å². The Labute approximate surface area is 154 Å². The molecule has 1 aromatic heterocycles. The highest BCUT2D eigenvalue weighted by molar-refractivity contribution is 9.10.